The van der Waals surface area contributed by atoms with E-state index in [1.807, 2.05) is 6.92 Å². The first-order valence-corrected chi connectivity index (χ1v) is 7.29. The average molecular weight is 290 g/mol. The molecule has 0 radical (unpaired) electrons. The van der Waals surface area contributed by atoms with Gasteiger partial charge in [0.2, 0.25) is 0 Å². The topological polar surface area (TPSA) is 12.0 Å². The second kappa shape index (κ2) is 5.55. The van der Waals surface area contributed by atoms with E-state index in [0.717, 1.165) is 23.2 Å². The van der Waals surface area contributed by atoms with Gasteiger partial charge in [-0.1, -0.05) is 23.7 Å². The predicted octanol–water partition coefficient (Wildman–Crippen LogP) is 4.71. The van der Waals surface area contributed by atoms with Gasteiger partial charge in [-0.2, -0.15) is 0 Å². The van der Waals surface area contributed by atoms with Crippen LogP contribution in [-0.2, 0) is 6.54 Å². The zero-order valence-corrected chi connectivity index (χ0v) is 12.2. The van der Waals surface area contributed by atoms with Crippen LogP contribution in [0.5, 0.6) is 0 Å². The molecule has 0 atom stereocenters. The molecular weight excluding hydrogens is 273 g/mol. The van der Waals surface area contributed by atoms with Gasteiger partial charge in [0.15, 0.2) is 0 Å². The van der Waals surface area contributed by atoms with E-state index in [-0.39, 0.29) is 5.82 Å². The summed E-state index contributed by atoms with van der Waals surface area (Å²) in [7, 11) is 0. The van der Waals surface area contributed by atoms with Crippen LogP contribution < -0.4 is 5.32 Å². The number of rotatable bonds is 4. The summed E-state index contributed by atoms with van der Waals surface area (Å²) >= 11 is 6.21. The fourth-order valence-corrected chi connectivity index (χ4v) is 2.54. The molecule has 2 aromatic rings. The molecule has 0 spiro atoms. The molecule has 2 aromatic carbocycles. The number of hydrogen-bond donors (Lipinski definition) is 1. The maximum atomic E-state index is 13.5. The fourth-order valence-electron chi connectivity index (χ4n) is 2.32. The van der Waals surface area contributed by atoms with Crippen LogP contribution in [0.1, 0.15) is 24.0 Å². The van der Waals surface area contributed by atoms with Gasteiger partial charge in [-0.3, -0.25) is 0 Å². The van der Waals surface area contributed by atoms with Gasteiger partial charge >= 0.3 is 0 Å². The Morgan fingerprint density at radius 1 is 1.15 bits per heavy atom. The second-order valence-electron chi connectivity index (χ2n) is 5.43. The summed E-state index contributed by atoms with van der Waals surface area (Å²) in [6.45, 7) is 2.87. The summed E-state index contributed by atoms with van der Waals surface area (Å²) in [5.41, 5.74) is 4.08. The monoisotopic (exact) mass is 289 g/mol. The maximum Gasteiger partial charge on any atom is 0.123 e. The quantitative estimate of drug-likeness (QED) is 0.860. The van der Waals surface area contributed by atoms with E-state index in [1.54, 1.807) is 6.07 Å². The summed E-state index contributed by atoms with van der Waals surface area (Å²) in [5, 5.41) is 4.07. The highest BCUT2D eigenvalue weighted by molar-refractivity contribution is 6.33. The van der Waals surface area contributed by atoms with E-state index in [4.69, 9.17) is 11.6 Å². The number of hydrogen-bond acceptors (Lipinski definition) is 1. The van der Waals surface area contributed by atoms with Gasteiger partial charge in [0.1, 0.15) is 5.82 Å². The summed E-state index contributed by atoms with van der Waals surface area (Å²) in [6, 6.07) is 11.5. The SMILES string of the molecule is Cc1ccc(CNC2CC2)cc1-c1cc(F)ccc1Cl. The number of benzene rings is 2. The molecule has 0 saturated heterocycles. The second-order valence-corrected chi connectivity index (χ2v) is 5.84. The van der Waals surface area contributed by atoms with Crippen molar-refractivity contribution < 1.29 is 4.39 Å². The Bertz CT molecular complexity index is 635. The lowest BCUT2D eigenvalue weighted by atomic mass is 9.98. The Balaban J connectivity index is 1.94. The standard InChI is InChI=1S/C17H17ClFN/c1-11-2-3-12(10-20-14-5-6-14)8-15(11)16-9-13(19)4-7-17(16)18/h2-4,7-9,14,20H,5-6,10H2,1H3. The minimum atomic E-state index is -0.259. The van der Waals surface area contributed by atoms with Crippen molar-refractivity contribution >= 4 is 11.6 Å². The van der Waals surface area contributed by atoms with Crippen molar-refractivity contribution in [3.63, 3.8) is 0 Å². The van der Waals surface area contributed by atoms with E-state index in [1.165, 1.54) is 30.5 Å². The Hall–Kier alpha value is -1.38. The van der Waals surface area contributed by atoms with E-state index in [9.17, 15) is 4.39 Å². The van der Waals surface area contributed by atoms with Gasteiger partial charge in [0.25, 0.3) is 0 Å². The fraction of sp³-hybridized carbons (Fsp3) is 0.294. The van der Waals surface area contributed by atoms with Crippen molar-refractivity contribution in [2.45, 2.75) is 32.4 Å². The van der Waals surface area contributed by atoms with Crippen molar-refractivity contribution in [3.8, 4) is 11.1 Å². The number of aryl methyl sites for hydroxylation is 1. The molecule has 0 heterocycles. The largest absolute Gasteiger partial charge is 0.310 e. The van der Waals surface area contributed by atoms with Crippen LogP contribution in [0.4, 0.5) is 4.39 Å². The van der Waals surface area contributed by atoms with Crippen molar-refractivity contribution in [3.05, 3.63) is 58.4 Å². The zero-order valence-electron chi connectivity index (χ0n) is 11.4. The Morgan fingerprint density at radius 2 is 1.95 bits per heavy atom. The average Bonchev–Trinajstić information content (AvgIpc) is 3.25. The van der Waals surface area contributed by atoms with Crippen LogP contribution in [0.2, 0.25) is 5.02 Å². The lowest BCUT2D eigenvalue weighted by molar-refractivity contribution is 0.628. The molecule has 1 saturated carbocycles. The van der Waals surface area contributed by atoms with Crippen molar-refractivity contribution in [1.29, 1.82) is 0 Å². The van der Waals surface area contributed by atoms with Gasteiger partial charge in [-0.05, 0) is 60.7 Å². The normalized spacial score (nSPS) is 14.6. The van der Waals surface area contributed by atoms with E-state index in [2.05, 4.69) is 23.5 Å². The molecule has 0 bridgehead atoms. The third-order valence-corrected chi connectivity index (χ3v) is 4.02. The molecular formula is C17H17ClFN. The Labute approximate surface area is 123 Å². The van der Waals surface area contributed by atoms with Crippen molar-refractivity contribution in [2.75, 3.05) is 0 Å². The van der Waals surface area contributed by atoms with Gasteiger partial charge in [0.05, 0.1) is 0 Å². The van der Waals surface area contributed by atoms with Gasteiger partial charge < -0.3 is 5.32 Å². The molecule has 1 nitrogen and oxygen atoms in total. The molecule has 0 aliphatic heterocycles. The van der Waals surface area contributed by atoms with E-state index < -0.39 is 0 Å². The van der Waals surface area contributed by atoms with E-state index in [0.29, 0.717) is 11.1 Å². The predicted molar refractivity (Wildman–Crippen MR) is 81.4 cm³/mol. The summed E-state index contributed by atoms with van der Waals surface area (Å²) in [6.07, 6.45) is 2.54. The van der Waals surface area contributed by atoms with Crippen molar-refractivity contribution in [1.82, 2.24) is 5.32 Å². The third-order valence-electron chi connectivity index (χ3n) is 3.69. The highest BCUT2D eigenvalue weighted by atomic mass is 35.5. The Kier molecular flexibility index (Phi) is 3.77. The van der Waals surface area contributed by atoms with Crippen molar-refractivity contribution in [2.24, 2.45) is 0 Å². The summed E-state index contributed by atoms with van der Waals surface area (Å²) in [5.74, 6) is -0.259. The minimum Gasteiger partial charge on any atom is -0.310 e. The van der Waals surface area contributed by atoms with Crippen LogP contribution >= 0.6 is 11.6 Å². The molecule has 3 heteroatoms. The lowest BCUT2D eigenvalue weighted by Crippen LogP contribution is -2.15. The molecule has 20 heavy (non-hydrogen) atoms. The van der Waals surface area contributed by atoms with Gasteiger partial charge in [-0.15, -0.1) is 0 Å². The van der Waals surface area contributed by atoms with Gasteiger partial charge in [-0.25, -0.2) is 4.39 Å². The molecule has 1 N–H and O–H groups in total. The number of nitrogens with one attached hydrogen (secondary N) is 1. The third kappa shape index (κ3) is 3.02. The first-order valence-electron chi connectivity index (χ1n) is 6.92. The van der Waals surface area contributed by atoms with E-state index >= 15 is 0 Å². The molecule has 1 fully saturated rings. The molecule has 0 aromatic heterocycles. The van der Waals surface area contributed by atoms with Crippen LogP contribution in [0.25, 0.3) is 11.1 Å². The highest BCUT2D eigenvalue weighted by Crippen LogP contribution is 2.32. The molecule has 0 unspecified atom stereocenters. The van der Waals surface area contributed by atoms with Crippen LogP contribution in [0, 0.1) is 12.7 Å². The van der Waals surface area contributed by atoms with Crippen LogP contribution in [-0.4, -0.2) is 6.04 Å². The molecule has 104 valence electrons. The minimum absolute atomic E-state index is 0.259. The smallest absolute Gasteiger partial charge is 0.123 e. The first kappa shape index (κ1) is 13.6. The molecule has 3 rings (SSSR count). The number of halogens is 2. The zero-order chi connectivity index (χ0) is 14.1. The maximum absolute atomic E-state index is 13.5. The molecule has 1 aliphatic carbocycles. The lowest BCUT2D eigenvalue weighted by Gasteiger charge is -2.11. The summed E-state index contributed by atoms with van der Waals surface area (Å²) in [4.78, 5) is 0. The summed E-state index contributed by atoms with van der Waals surface area (Å²) < 4.78 is 13.5. The highest BCUT2D eigenvalue weighted by Gasteiger charge is 2.20. The molecule has 0 amide bonds. The Morgan fingerprint density at radius 3 is 2.70 bits per heavy atom. The van der Waals surface area contributed by atoms with Crippen LogP contribution in [0.3, 0.4) is 0 Å². The molecule has 1 aliphatic rings. The van der Waals surface area contributed by atoms with Crippen LogP contribution in [0.15, 0.2) is 36.4 Å². The first-order chi connectivity index (χ1) is 9.63. The van der Waals surface area contributed by atoms with Gasteiger partial charge in [0, 0.05) is 23.2 Å².